The van der Waals surface area contributed by atoms with Crippen LogP contribution in [0.2, 0.25) is 0 Å². The zero-order valence-corrected chi connectivity index (χ0v) is 18.4. The fourth-order valence-corrected chi connectivity index (χ4v) is 3.72. The van der Waals surface area contributed by atoms with Gasteiger partial charge in [-0.05, 0) is 30.4 Å². The Morgan fingerprint density at radius 2 is 1.07 bits per heavy atom. The lowest BCUT2D eigenvalue weighted by atomic mass is 9.79. The minimum Gasteiger partial charge on any atom is -0.290 e. The van der Waals surface area contributed by atoms with Crippen LogP contribution in [0.5, 0.6) is 0 Å². The van der Waals surface area contributed by atoms with Gasteiger partial charge in [-0.25, -0.2) is 0 Å². The van der Waals surface area contributed by atoms with Crippen LogP contribution in [0.1, 0.15) is 118 Å². The third-order valence-corrected chi connectivity index (χ3v) is 5.52. The van der Waals surface area contributed by atoms with E-state index in [2.05, 4.69) is 6.92 Å². The fraction of sp³-hybridized carbons (Fsp3) is 0.760. The van der Waals surface area contributed by atoms with Crippen LogP contribution in [0, 0.1) is 5.41 Å². The first-order valence-corrected chi connectivity index (χ1v) is 11.4. The van der Waals surface area contributed by atoms with E-state index >= 15 is 0 Å². The Labute approximate surface area is 167 Å². The summed E-state index contributed by atoms with van der Waals surface area (Å²) >= 11 is 0. The van der Waals surface area contributed by atoms with Crippen molar-refractivity contribution >= 4 is 11.6 Å². The van der Waals surface area contributed by atoms with Crippen LogP contribution in [0.4, 0.5) is 0 Å². The molecule has 1 aliphatic carbocycles. The summed E-state index contributed by atoms with van der Waals surface area (Å²) in [5.41, 5.74) is 1.09. The minimum absolute atomic E-state index is 0.0202. The monoisotopic (exact) mass is 374 g/mol. The second-order valence-electron chi connectivity index (χ2n) is 9.20. The van der Waals surface area contributed by atoms with Gasteiger partial charge in [0.05, 0.1) is 0 Å². The molecule has 0 heterocycles. The highest BCUT2D eigenvalue weighted by Crippen LogP contribution is 2.30. The Balaban J connectivity index is 2.05. The lowest BCUT2D eigenvalue weighted by Gasteiger charge is -2.23. The molecule has 0 atom stereocenters. The molecule has 0 bridgehead atoms. The predicted molar refractivity (Wildman–Crippen MR) is 116 cm³/mol. The molecule has 0 fully saturated rings. The van der Waals surface area contributed by atoms with Gasteiger partial charge in [0.2, 0.25) is 0 Å². The maximum absolute atomic E-state index is 12.2. The molecular formula is C25H42O2. The molecule has 1 rings (SSSR count). The standard InChI is InChI=1S/C25H42O2/c1-5-6-7-8-9-10-11-12-13-14-15-16-17-18-21-19-24(27)22(20-23(21)26)25(2,3)4/h19-20H,5-18H2,1-4H3. The average Bonchev–Trinajstić information content (AvgIpc) is 2.60. The summed E-state index contributed by atoms with van der Waals surface area (Å²) in [4.78, 5) is 24.5. The van der Waals surface area contributed by atoms with Gasteiger partial charge in [0.15, 0.2) is 11.6 Å². The van der Waals surface area contributed by atoms with Gasteiger partial charge < -0.3 is 0 Å². The third-order valence-electron chi connectivity index (χ3n) is 5.52. The molecule has 0 saturated heterocycles. The van der Waals surface area contributed by atoms with E-state index in [1.165, 1.54) is 70.6 Å². The number of hydrogen-bond donors (Lipinski definition) is 0. The van der Waals surface area contributed by atoms with E-state index in [0.717, 1.165) is 19.3 Å². The molecule has 0 spiro atoms. The molecule has 2 heteroatoms. The van der Waals surface area contributed by atoms with Crippen LogP contribution in [-0.4, -0.2) is 11.6 Å². The van der Waals surface area contributed by atoms with Gasteiger partial charge in [-0.1, -0.05) is 105 Å². The fourth-order valence-electron chi connectivity index (χ4n) is 3.72. The van der Waals surface area contributed by atoms with Crippen LogP contribution in [-0.2, 0) is 9.59 Å². The molecule has 1 aliphatic rings. The van der Waals surface area contributed by atoms with Crippen molar-refractivity contribution in [3.8, 4) is 0 Å². The molecule has 0 aromatic carbocycles. The Hall–Kier alpha value is -1.18. The van der Waals surface area contributed by atoms with Gasteiger partial charge in [0, 0.05) is 11.1 Å². The van der Waals surface area contributed by atoms with Crippen molar-refractivity contribution in [1.29, 1.82) is 0 Å². The smallest absolute Gasteiger partial charge is 0.182 e. The molecule has 154 valence electrons. The number of carbonyl (C=O) groups excluding carboxylic acids is 2. The molecule has 2 nitrogen and oxygen atoms in total. The first-order valence-electron chi connectivity index (χ1n) is 11.4. The van der Waals surface area contributed by atoms with Crippen LogP contribution < -0.4 is 0 Å². The number of ketones is 2. The molecule has 0 saturated carbocycles. The van der Waals surface area contributed by atoms with Gasteiger partial charge in [0.1, 0.15) is 0 Å². The predicted octanol–water partition coefficient (Wildman–Crippen LogP) is 7.52. The summed E-state index contributed by atoms with van der Waals surface area (Å²) in [5, 5.41) is 0. The van der Waals surface area contributed by atoms with Gasteiger partial charge >= 0.3 is 0 Å². The summed E-state index contributed by atoms with van der Waals surface area (Å²) in [6, 6.07) is 0. The quantitative estimate of drug-likeness (QED) is 0.233. The molecule has 0 radical (unpaired) electrons. The summed E-state index contributed by atoms with van der Waals surface area (Å²) in [6.45, 7) is 8.21. The second-order valence-corrected chi connectivity index (χ2v) is 9.20. The number of unbranched alkanes of at least 4 members (excludes halogenated alkanes) is 12. The highest BCUT2D eigenvalue weighted by Gasteiger charge is 2.28. The van der Waals surface area contributed by atoms with Crippen molar-refractivity contribution in [2.75, 3.05) is 0 Å². The Kier molecular flexibility index (Phi) is 11.6. The lowest BCUT2D eigenvalue weighted by molar-refractivity contribution is -0.116. The maximum Gasteiger partial charge on any atom is 0.182 e. The molecule has 0 unspecified atom stereocenters. The van der Waals surface area contributed by atoms with Gasteiger partial charge in [-0.2, -0.15) is 0 Å². The molecule has 0 aromatic heterocycles. The molecular weight excluding hydrogens is 332 g/mol. The Morgan fingerprint density at radius 1 is 0.630 bits per heavy atom. The zero-order valence-electron chi connectivity index (χ0n) is 18.4. The summed E-state index contributed by atoms with van der Waals surface area (Å²) in [7, 11) is 0. The van der Waals surface area contributed by atoms with Crippen molar-refractivity contribution < 1.29 is 9.59 Å². The van der Waals surface area contributed by atoms with Gasteiger partial charge in [-0.3, -0.25) is 9.59 Å². The Bertz CT molecular complexity index is 517. The largest absolute Gasteiger partial charge is 0.290 e. The van der Waals surface area contributed by atoms with E-state index in [1.54, 1.807) is 12.2 Å². The normalized spacial score (nSPS) is 15.1. The summed E-state index contributed by atoms with van der Waals surface area (Å²) < 4.78 is 0. The molecule has 27 heavy (non-hydrogen) atoms. The van der Waals surface area contributed by atoms with Crippen LogP contribution in [0.15, 0.2) is 23.3 Å². The van der Waals surface area contributed by atoms with E-state index < -0.39 is 0 Å². The first kappa shape index (κ1) is 23.9. The van der Waals surface area contributed by atoms with Crippen LogP contribution in [0.3, 0.4) is 0 Å². The van der Waals surface area contributed by atoms with E-state index in [9.17, 15) is 9.59 Å². The van der Waals surface area contributed by atoms with Gasteiger partial charge in [-0.15, -0.1) is 0 Å². The van der Waals surface area contributed by atoms with E-state index in [-0.39, 0.29) is 17.0 Å². The number of rotatable bonds is 14. The summed E-state index contributed by atoms with van der Waals surface area (Å²) in [6.07, 6.45) is 21.1. The van der Waals surface area contributed by atoms with E-state index in [4.69, 9.17) is 0 Å². The van der Waals surface area contributed by atoms with E-state index in [1.807, 2.05) is 20.8 Å². The van der Waals surface area contributed by atoms with Gasteiger partial charge in [0.25, 0.3) is 0 Å². The SMILES string of the molecule is CCCCCCCCCCCCCCCC1=CC(=O)C(C(C)(C)C)=CC1=O. The van der Waals surface area contributed by atoms with Crippen molar-refractivity contribution in [2.24, 2.45) is 5.41 Å². The lowest BCUT2D eigenvalue weighted by Crippen LogP contribution is -2.22. The topological polar surface area (TPSA) is 34.1 Å². The average molecular weight is 375 g/mol. The van der Waals surface area contributed by atoms with Crippen molar-refractivity contribution in [1.82, 2.24) is 0 Å². The van der Waals surface area contributed by atoms with Crippen LogP contribution in [0.25, 0.3) is 0 Å². The molecule has 0 aromatic rings. The minimum atomic E-state index is -0.260. The molecule has 0 N–H and O–H groups in total. The molecule has 0 aliphatic heterocycles. The van der Waals surface area contributed by atoms with E-state index in [0.29, 0.717) is 11.1 Å². The highest BCUT2D eigenvalue weighted by molar-refractivity contribution is 6.20. The first-order chi connectivity index (χ1) is 12.9. The number of allylic oxidation sites excluding steroid dienone is 4. The van der Waals surface area contributed by atoms with Crippen molar-refractivity contribution in [2.45, 2.75) is 118 Å². The second kappa shape index (κ2) is 13.1. The number of carbonyl (C=O) groups is 2. The summed E-state index contributed by atoms with van der Waals surface area (Å²) in [5.74, 6) is 0.0604. The van der Waals surface area contributed by atoms with Crippen molar-refractivity contribution in [3.63, 3.8) is 0 Å². The number of hydrogen-bond acceptors (Lipinski definition) is 2. The zero-order chi connectivity index (χ0) is 20.1. The van der Waals surface area contributed by atoms with Crippen LogP contribution >= 0.6 is 0 Å². The van der Waals surface area contributed by atoms with Crippen molar-refractivity contribution in [3.05, 3.63) is 23.3 Å². The third kappa shape index (κ3) is 10.1. The maximum atomic E-state index is 12.2. The Morgan fingerprint density at radius 3 is 1.52 bits per heavy atom. The molecule has 0 amide bonds. The highest BCUT2D eigenvalue weighted by atomic mass is 16.1.